The van der Waals surface area contributed by atoms with Crippen LogP contribution in [0.15, 0.2) is 42.6 Å². The topological polar surface area (TPSA) is 88.6 Å². The molecule has 1 aliphatic heterocycles. The maximum Gasteiger partial charge on any atom is 0.229 e. The van der Waals surface area contributed by atoms with E-state index < -0.39 is 0 Å². The molecule has 0 atom stereocenters. The first kappa shape index (κ1) is 22.7. The summed E-state index contributed by atoms with van der Waals surface area (Å²) >= 11 is 6.34. The van der Waals surface area contributed by atoms with Gasteiger partial charge in [0.1, 0.15) is 16.5 Å². The molecule has 0 aliphatic carbocycles. The van der Waals surface area contributed by atoms with E-state index in [1.165, 1.54) is 6.20 Å². The zero-order valence-corrected chi connectivity index (χ0v) is 19.6. The molecule has 4 rings (SSSR count). The van der Waals surface area contributed by atoms with Crippen molar-refractivity contribution < 1.29 is 14.3 Å². The summed E-state index contributed by atoms with van der Waals surface area (Å²) in [5.74, 6) is 2.19. The van der Waals surface area contributed by atoms with Gasteiger partial charge in [0.2, 0.25) is 11.9 Å². The molecule has 9 heteroatoms. The minimum absolute atomic E-state index is 0.132. The lowest BCUT2D eigenvalue weighted by Crippen LogP contribution is -2.29. The third-order valence-corrected chi connectivity index (χ3v) is 5.77. The summed E-state index contributed by atoms with van der Waals surface area (Å²) in [5, 5.41) is 6.81. The number of para-hydroxylation sites is 2. The summed E-state index contributed by atoms with van der Waals surface area (Å²) in [6.45, 7) is 2.59. The Balaban J connectivity index is 1.66. The molecule has 172 valence electrons. The highest BCUT2D eigenvalue weighted by Crippen LogP contribution is 2.38. The van der Waals surface area contributed by atoms with Crippen molar-refractivity contribution in [3.8, 4) is 11.5 Å². The molecule has 0 saturated heterocycles. The second kappa shape index (κ2) is 9.95. The van der Waals surface area contributed by atoms with Gasteiger partial charge in [-0.2, -0.15) is 4.98 Å². The van der Waals surface area contributed by atoms with Crippen LogP contribution in [0.1, 0.15) is 25.3 Å². The Morgan fingerprint density at radius 3 is 2.61 bits per heavy atom. The number of rotatable bonds is 7. The molecule has 3 aromatic rings. The summed E-state index contributed by atoms with van der Waals surface area (Å²) in [5.41, 5.74) is 3.41. The van der Waals surface area contributed by atoms with Crippen molar-refractivity contribution >= 4 is 46.3 Å². The van der Waals surface area contributed by atoms with Crippen LogP contribution in [-0.2, 0) is 11.2 Å². The van der Waals surface area contributed by atoms with E-state index in [1.54, 1.807) is 14.2 Å². The molecule has 2 heterocycles. The number of amides is 1. The van der Waals surface area contributed by atoms with Crippen molar-refractivity contribution in [3.05, 3.63) is 53.2 Å². The fourth-order valence-electron chi connectivity index (χ4n) is 3.89. The Bertz CT molecular complexity index is 1170. The van der Waals surface area contributed by atoms with Crippen LogP contribution in [0.3, 0.4) is 0 Å². The molecule has 1 aromatic heterocycles. The first-order valence-electron chi connectivity index (χ1n) is 10.7. The molecule has 0 radical (unpaired) electrons. The summed E-state index contributed by atoms with van der Waals surface area (Å²) in [6, 6.07) is 11.4. The largest absolute Gasteiger partial charge is 0.495 e. The van der Waals surface area contributed by atoms with Gasteiger partial charge in [-0.1, -0.05) is 23.7 Å². The van der Waals surface area contributed by atoms with Crippen LogP contribution >= 0.6 is 11.6 Å². The van der Waals surface area contributed by atoms with Crippen molar-refractivity contribution in [2.75, 3.05) is 36.3 Å². The average Bonchev–Trinajstić information content (AvgIpc) is 2.98. The molecule has 0 saturated carbocycles. The molecule has 0 unspecified atom stereocenters. The van der Waals surface area contributed by atoms with Gasteiger partial charge in [-0.15, -0.1) is 0 Å². The van der Waals surface area contributed by atoms with E-state index in [2.05, 4.69) is 20.6 Å². The Hall–Kier alpha value is -3.52. The molecule has 1 aliphatic rings. The predicted octanol–water partition coefficient (Wildman–Crippen LogP) is 5.32. The molecule has 8 nitrogen and oxygen atoms in total. The number of carbonyl (C=O) groups is 1. The standard InChI is InChI=1S/C24H26ClN5O3/c1-4-30-19-13-21(33-3)18(12-15(19)8-7-11-22(30)31)28-24-26-14-16(25)23(29-24)27-17-9-5-6-10-20(17)32-2/h5-6,9-10,12-14H,4,7-8,11H2,1-3H3,(H2,26,27,28,29). The van der Waals surface area contributed by atoms with Crippen LogP contribution in [0, 0.1) is 0 Å². The molecular weight excluding hydrogens is 442 g/mol. The first-order valence-corrected chi connectivity index (χ1v) is 11.1. The number of nitrogens with zero attached hydrogens (tertiary/aromatic N) is 3. The van der Waals surface area contributed by atoms with Gasteiger partial charge in [0.25, 0.3) is 0 Å². The van der Waals surface area contributed by atoms with Gasteiger partial charge in [0.15, 0.2) is 5.82 Å². The van der Waals surface area contributed by atoms with Crippen molar-refractivity contribution in [3.63, 3.8) is 0 Å². The van der Waals surface area contributed by atoms with Gasteiger partial charge in [0.05, 0.1) is 37.5 Å². The highest BCUT2D eigenvalue weighted by Gasteiger charge is 2.23. The smallest absolute Gasteiger partial charge is 0.229 e. The maximum absolute atomic E-state index is 12.5. The highest BCUT2D eigenvalue weighted by molar-refractivity contribution is 6.33. The van der Waals surface area contributed by atoms with E-state index in [1.807, 2.05) is 48.2 Å². The maximum atomic E-state index is 12.5. The fourth-order valence-corrected chi connectivity index (χ4v) is 4.03. The predicted molar refractivity (Wildman–Crippen MR) is 131 cm³/mol. The van der Waals surface area contributed by atoms with E-state index in [4.69, 9.17) is 21.1 Å². The van der Waals surface area contributed by atoms with Crippen molar-refractivity contribution in [2.24, 2.45) is 0 Å². The Morgan fingerprint density at radius 1 is 1.06 bits per heavy atom. The van der Waals surface area contributed by atoms with Gasteiger partial charge in [-0.3, -0.25) is 4.79 Å². The minimum Gasteiger partial charge on any atom is -0.495 e. The number of carbonyl (C=O) groups excluding carboxylic acids is 1. The number of hydrogen-bond acceptors (Lipinski definition) is 7. The van der Waals surface area contributed by atoms with E-state index in [9.17, 15) is 4.79 Å². The van der Waals surface area contributed by atoms with E-state index >= 15 is 0 Å². The molecule has 2 N–H and O–H groups in total. The first-order chi connectivity index (χ1) is 16.0. The van der Waals surface area contributed by atoms with Crippen LogP contribution in [-0.4, -0.2) is 36.6 Å². The second-order valence-electron chi connectivity index (χ2n) is 7.51. The summed E-state index contributed by atoms with van der Waals surface area (Å²) in [6.07, 6.45) is 3.67. The SMILES string of the molecule is CCN1C(=O)CCCc2cc(Nc3ncc(Cl)c(Nc4ccccc4OC)n3)c(OC)cc21. The Labute approximate surface area is 197 Å². The molecule has 0 spiro atoms. The zero-order chi connectivity index (χ0) is 23.4. The molecular formula is C24H26ClN5O3. The molecule has 0 fully saturated rings. The van der Waals surface area contributed by atoms with Gasteiger partial charge >= 0.3 is 0 Å². The zero-order valence-electron chi connectivity index (χ0n) is 18.8. The minimum atomic E-state index is 0.132. The highest BCUT2D eigenvalue weighted by atomic mass is 35.5. The number of hydrogen-bond donors (Lipinski definition) is 2. The number of anilines is 5. The van der Waals surface area contributed by atoms with Crippen LogP contribution in [0.5, 0.6) is 11.5 Å². The monoisotopic (exact) mass is 467 g/mol. The molecule has 33 heavy (non-hydrogen) atoms. The summed E-state index contributed by atoms with van der Waals surface area (Å²) in [4.78, 5) is 23.1. The summed E-state index contributed by atoms with van der Waals surface area (Å²) in [7, 11) is 3.20. The lowest BCUT2D eigenvalue weighted by molar-refractivity contribution is -0.118. The van der Waals surface area contributed by atoms with E-state index in [-0.39, 0.29) is 5.91 Å². The lowest BCUT2D eigenvalue weighted by Gasteiger charge is -2.23. The number of benzene rings is 2. The van der Waals surface area contributed by atoms with Gasteiger partial charge in [0, 0.05) is 19.0 Å². The van der Waals surface area contributed by atoms with Crippen molar-refractivity contribution in [2.45, 2.75) is 26.2 Å². The Kier molecular flexibility index (Phi) is 6.84. The number of halogens is 1. The summed E-state index contributed by atoms with van der Waals surface area (Å²) < 4.78 is 11.0. The lowest BCUT2D eigenvalue weighted by atomic mass is 10.1. The average molecular weight is 468 g/mol. The number of nitrogens with one attached hydrogen (secondary N) is 2. The molecule has 1 amide bonds. The second-order valence-corrected chi connectivity index (χ2v) is 7.92. The number of fused-ring (bicyclic) bond motifs is 1. The van der Waals surface area contributed by atoms with Gasteiger partial charge in [-0.25, -0.2) is 4.98 Å². The van der Waals surface area contributed by atoms with Crippen LogP contribution in [0.25, 0.3) is 0 Å². The van der Waals surface area contributed by atoms with Gasteiger partial charge < -0.3 is 25.0 Å². The molecule has 2 aromatic carbocycles. The number of methoxy groups -OCH3 is 2. The van der Waals surface area contributed by atoms with Crippen molar-refractivity contribution in [1.82, 2.24) is 9.97 Å². The third-order valence-electron chi connectivity index (χ3n) is 5.50. The number of aromatic nitrogens is 2. The van der Waals surface area contributed by atoms with Gasteiger partial charge in [-0.05, 0) is 43.5 Å². The fraction of sp³-hybridized carbons (Fsp3) is 0.292. The van der Waals surface area contributed by atoms with E-state index in [0.29, 0.717) is 46.9 Å². The van der Waals surface area contributed by atoms with E-state index in [0.717, 1.165) is 29.8 Å². The number of aryl methyl sites for hydroxylation is 1. The Morgan fingerprint density at radius 2 is 1.85 bits per heavy atom. The van der Waals surface area contributed by atoms with Crippen LogP contribution in [0.2, 0.25) is 5.02 Å². The van der Waals surface area contributed by atoms with Crippen LogP contribution < -0.4 is 25.0 Å². The van der Waals surface area contributed by atoms with Crippen molar-refractivity contribution in [1.29, 1.82) is 0 Å². The molecule has 0 bridgehead atoms. The number of ether oxygens (including phenoxy) is 2. The van der Waals surface area contributed by atoms with Crippen LogP contribution in [0.4, 0.5) is 28.8 Å². The third kappa shape index (κ3) is 4.80. The normalized spacial score (nSPS) is 13.2. The quantitative estimate of drug-likeness (QED) is 0.485.